The largest absolute Gasteiger partial charge is 0.274 e. The summed E-state index contributed by atoms with van der Waals surface area (Å²) in [6.07, 6.45) is 2.21. The minimum absolute atomic E-state index is 0.00609. The first-order valence-electron chi connectivity index (χ1n) is 5.14. The summed E-state index contributed by atoms with van der Waals surface area (Å²) in [7, 11) is 0. The Hall–Kier alpha value is -1.01. The van der Waals surface area contributed by atoms with Crippen molar-refractivity contribution in [1.82, 2.24) is 5.48 Å². The molecule has 92 valence electrons. The molecule has 1 fully saturated rings. The quantitative estimate of drug-likeness (QED) is 0.686. The van der Waals surface area contributed by atoms with Crippen molar-refractivity contribution in [3.63, 3.8) is 0 Å². The summed E-state index contributed by atoms with van der Waals surface area (Å²) in [6, 6.07) is 2.03. The fourth-order valence-electron chi connectivity index (χ4n) is 1.26. The van der Waals surface area contributed by atoms with Crippen LogP contribution in [0.25, 0.3) is 0 Å². The maximum Gasteiger partial charge on any atom is 0.274 e. The number of hydrogen-bond acceptors (Lipinski definition) is 2. The van der Waals surface area contributed by atoms with E-state index < -0.39 is 17.5 Å². The highest BCUT2D eigenvalue weighted by atomic mass is 79.9. The molecule has 2 rings (SSSR count). The number of rotatable bonds is 4. The van der Waals surface area contributed by atoms with Gasteiger partial charge in [-0.05, 0) is 46.8 Å². The van der Waals surface area contributed by atoms with Crippen molar-refractivity contribution in [2.75, 3.05) is 6.61 Å². The molecule has 6 heteroatoms. The van der Waals surface area contributed by atoms with Crippen molar-refractivity contribution in [1.29, 1.82) is 0 Å². The molecule has 1 aromatic rings. The molecule has 0 atom stereocenters. The Morgan fingerprint density at radius 2 is 2.18 bits per heavy atom. The molecule has 1 aromatic carbocycles. The van der Waals surface area contributed by atoms with Crippen LogP contribution < -0.4 is 5.48 Å². The van der Waals surface area contributed by atoms with E-state index in [0.29, 0.717) is 12.5 Å². The molecule has 0 spiro atoms. The first-order chi connectivity index (χ1) is 8.08. The van der Waals surface area contributed by atoms with Gasteiger partial charge in [0.15, 0.2) is 11.6 Å². The standard InChI is InChI=1S/C11H10BrF2NO2/c12-8-3-7(4-9(13)10(8)14)11(16)15-17-5-6-1-2-6/h3-4,6H,1-2,5H2,(H,15,16). The molecule has 0 heterocycles. The Kier molecular flexibility index (Phi) is 3.73. The molecule has 0 bridgehead atoms. The van der Waals surface area contributed by atoms with Crippen molar-refractivity contribution >= 4 is 21.8 Å². The molecule has 1 N–H and O–H groups in total. The van der Waals surface area contributed by atoms with Crippen LogP contribution >= 0.6 is 15.9 Å². The van der Waals surface area contributed by atoms with Crippen LogP contribution in [0, 0.1) is 17.6 Å². The topological polar surface area (TPSA) is 38.3 Å². The number of nitrogens with one attached hydrogen (secondary N) is 1. The molecular weight excluding hydrogens is 296 g/mol. The summed E-state index contributed by atoms with van der Waals surface area (Å²) >= 11 is 2.83. The maximum atomic E-state index is 13.0. The number of hydrogen-bond donors (Lipinski definition) is 1. The number of carbonyl (C=O) groups is 1. The minimum atomic E-state index is -1.08. The summed E-state index contributed by atoms with van der Waals surface area (Å²) in [5.41, 5.74) is 2.20. The first kappa shape index (κ1) is 12.4. The average molecular weight is 306 g/mol. The smallest absolute Gasteiger partial charge is 0.273 e. The number of carbonyl (C=O) groups excluding carboxylic acids is 1. The van der Waals surface area contributed by atoms with Crippen molar-refractivity contribution in [3.05, 3.63) is 33.8 Å². The van der Waals surface area contributed by atoms with Gasteiger partial charge in [0, 0.05) is 5.56 Å². The molecule has 0 aromatic heterocycles. The van der Waals surface area contributed by atoms with Crippen LogP contribution in [0.1, 0.15) is 23.2 Å². The van der Waals surface area contributed by atoms with E-state index in [2.05, 4.69) is 21.4 Å². The van der Waals surface area contributed by atoms with Gasteiger partial charge in [-0.15, -0.1) is 0 Å². The van der Waals surface area contributed by atoms with Crippen LogP contribution in [0.5, 0.6) is 0 Å². The number of halogens is 3. The second-order valence-corrected chi connectivity index (χ2v) is 4.79. The lowest BCUT2D eigenvalue weighted by Gasteiger charge is -2.06. The highest BCUT2D eigenvalue weighted by Gasteiger charge is 2.22. The Morgan fingerprint density at radius 3 is 2.76 bits per heavy atom. The monoisotopic (exact) mass is 305 g/mol. The zero-order valence-corrected chi connectivity index (χ0v) is 10.4. The maximum absolute atomic E-state index is 13.0. The number of amides is 1. The third kappa shape index (κ3) is 3.23. The predicted octanol–water partition coefficient (Wildman–Crippen LogP) is 2.80. The van der Waals surface area contributed by atoms with Gasteiger partial charge < -0.3 is 0 Å². The average Bonchev–Trinajstić information content (AvgIpc) is 3.09. The molecule has 0 saturated heterocycles. The molecule has 1 aliphatic carbocycles. The fourth-order valence-corrected chi connectivity index (χ4v) is 1.69. The zero-order valence-electron chi connectivity index (χ0n) is 8.80. The van der Waals surface area contributed by atoms with Gasteiger partial charge >= 0.3 is 0 Å². The molecule has 0 radical (unpaired) electrons. The van der Waals surface area contributed by atoms with Crippen LogP contribution in [0.15, 0.2) is 16.6 Å². The highest BCUT2D eigenvalue weighted by molar-refractivity contribution is 9.10. The van der Waals surface area contributed by atoms with Gasteiger partial charge in [-0.1, -0.05) is 0 Å². The molecule has 0 aliphatic heterocycles. The molecule has 0 unspecified atom stereocenters. The summed E-state index contributed by atoms with van der Waals surface area (Å²) in [5, 5.41) is 0. The summed E-state index contributed by atoms with van der Waals surface area (Å²) in [4.78, 5) is 16.5. The van der Waals surface area contributed by atoms with Crippen LogP contribution in [-0.2, 0) is 4.84 Å². The van der Waals surface area contributed by atoms with E-state index in [9.17, 15) is 13.6 Å². The van der Waals surface area contributed by atoms with Crippen molar-refractivity contribution in [2.24, 2.45) is 5.92 Å². The fraction of sp³-hybridized carbons (Fsp3) is 0.364. The molecule has 1 amide bonds. The van der Waals surface area contributed by atoms with E-state index in [1.54, 1.807) is 0 Å². The van der Waals surface area contributed by atoms with E-state index in [-0.39, 0.29) is 10.0 Å². The van der Waals surface area contributed by atoms with Crippen LogP contribution in [0.4, 0.5) is 8.78 Å². The lowest BCUT2D eigenvalue weighted by atomic mass is 10.2. The minimum Gasteiger partial charge on any atom is -0.273 e. The van der Waals surface area contributed by atoms with Gasteiger partial charge in [0.1, 0.15) is 0 Å². The molecule has 1 saturated carbocycles. The lowest BCUT2D eigenvalue weighted by Crippen LogP contribution is -2.25. The Morgan fingerprint density at radius 1 is 1.47 bits per heavy atom. The Bertz CT molecular complexity index is 426. The second-order valence-electron chi connectivity index (χ2n) is 3.94. The van der Waals surface area contributed by atoms with Gasteiger partial charge in [0.05, 0.1) is 11.1 Å². The summed E-state index contributed by atoms with van der Waals surface area (Å²) < 4.78 is 25.9. The van der Waals surface area contributed by atoms with Crippen molar-refractivity contribution in [3.8, 4) is 0 Å². The first-order valence-corrected chi connectivity index (χ1v) is 5.94. The van der Waals surface area contributed by atoms with E-state index >= 15 is 0 Å². The predicted molar refractivity (Wildman–Crippen MR) is 60.2 cm³/mol. The van der Waals surface area contributed by atoms with Gasteiger partial charge in [-0.25, -0.2) is 14.3 Å². The SMILES string of the molecule is O=C(NOCC1CC1)c1cc(F)c(F)c(Br)c1. The molecular formula is C11H10BrF2NO2. The van der Waals surface area contributed by atoms with Crippen molar-refractivity contribution in [2.45, 2.75) is 12.8 Å². The van der Waals surface area contributed by atoms with E-state index in [1.807, 2.05) is 0 Å². The van der Waals surface area contributed by atoms with Crippen molar-refractivity contribution < 1.29 is 18.4 Å². The Labute approximate surface area is 105 Å². The highest BCUT2D eigenvalue weighted by Crippen LogP contribution is 2.28. The summed E-state index contributed by atoms with van der Waals surface area (Å²) in [5.74, 6) is -2.18. The van der Waals surface area contributed by atoms with Gasteiger partial charge in [0.2, 0.25) is 0 Å². The van der Waals surface area contributed by atoms with Gasteiger partial charge in [-0.3, -0.25) is 9.63 Å². The zero-order chi connectivity index (χ0) is 12.4. The Balaban J connectivity index is 1.97. The molecule has 3 nitrogen and oxygen atoms in total. The van der Waals surface area contributed by atoms with Gasteiger partial charge in [0.25, 0.3) is 5.91 Å². The van der Waals surface area contributed by atoms with Crippen LogP contribution in [-0.4, -0.2) is 12.5 Å². The van der Waals surface area contributed by atoms with Gasteiger partial charge in [-0.2, -0.15) is 0 Å². The number of benzene rings is 1. The van der Waals surface area contributed by atoms with E-state index in [1.165, 1.54) is 6.07 Å². The normalized spacial score (nSPS) is 14.8. The number of hydroxylamine groups is 1. The van der Waals surface area contributed by atoms with Crippen LogP contribution in [0.3, 0.4) is 0 Å². The van der Waals surface area contributed by atoms with Crippen LogP contribution in [0.2, 0.25) is 0 Å². The third-order valence-corrected chi connectivity index (χ3v) is 3.00. The lowest BCUT2D eigenvalue weighted by molar-refractivity contribution is 0.0270. The third-order valence-electron chi connectivity index (χ3n) is 2.43. The van der Waals surface area contributed by atoms with E-state index in [4.69, 9.17) is 4.84 Å². The second kappa shape index (κ2) is 5.10. The molecule has 17 heavy (non-hydrogen) atoms. The molecule has 1 aliphatic rings. The van der Waals surface area contributed by atoms with E-state index in [0.717, 1.165) is 18.9 Å². The summed E-state index contributed by atoms with van der Waals surface area (Å²) in [6.45, 7) is 0.455.